The maximum absolute atomic E-state index is 11.6. The van der Waals surface area contributed by atoms with E-state index in [1.165, 1.54) is 31.4 Å². The van der Waals surface area contributed by atoms with E-state index in [1.807, 2.05) is 12.3 Å². The molecule has 0 spiro atoms. The molecule has 2 rings (SSSR count). The molecule has 1 fully saturated rings. The lowest BCUT2D eigenvalue weighted by Gasteiger charge is -2.22. The van der Waals surface area contributed by atoms with Crippen LogP contribution in [0.5, 0.6) is 0 Å². The standard InChI is InChI=1S/C16H25N3O/c1-2-3-8-16(20)18-15-10-9-14(13-17-15)19-11-6-4-5-7-12-19/h9-10,13H,2-8,11-12H2,1H3,(H,17,18,20). The predicted octanol–water partition coefficient (Wildman–Crippen LogP) is 3.59. The molecule has 1 aromatic rings. The summed E-state index contributed by atoms with van der Waals surface area (Å²) >= 11 is 0. The van der Waals surface area contributed by atoms with E-state index in [0.29, 0.717) is 12.2 Å². The molecular formula is C16H25N3O. The molecule has 110 valence electrons. The van der Waals surface area contributed by atoms with Crippen molar-refractivity contribution in [2.24, 2.45) is 0 Å². The van der Waals surface area contributed by atoms with Gasteiger partial charge in [0.15, 0.2) is 0 Å². The number of aromatic nitrogens is 1. The van der Waals surface area contributed by atoms with Gasteiger partial charge in [0, 0.05) is 19.5 Å². The van der Waals surface area contributed by atoms with E-state index in [9.17, 15) is 4.79 Å². The number of hydrogen-bond donors (Lipinski definition) is 1. The van der Waals surface area contributed by atoms with E-state index >= 15 is 0 Å². The molecular weight excluding hydrogens is 250 g/mol. The van der Waals surface area contributed by atoms with Crippen LogP contribution in [-0.2, 0) is 4.79 Å². The molecule has 0 saturated carbocycles. The van der Waals surface area contributed by atoms with Crippen molar-refractivity contribution < 1.29 is 4.79 Å². The third kappa shape index (κ3) is 4.51. The first-order chi connectivity index (χ1) is 9.79. The zero-order valence-electron chi connectivity index (χ0n) is 12.4. The van der Waals surface area contributed by atoms with Crippen LogP contribution in [0.1, 0.15) is 51.9 Å². The Labute approximate surface area is 121 Å². The van der Waals surface area contributed by atoms with Gasteiger partial charge in [0.05, 0.1) is 11.9 Å². The van der Waals surface area contributed by atoms with E-state index in [4.69, 9.17) is 0 Å². The van der Waals surface area contributed by atoms with Crippen molar-refractivity contribution in [3.05, 3.63) is 18.3 Å². The van der Waals surface area contributed by atoms with Gasteiger partial charge in [-0.05, 0) is 31.4 Å². The summed E-state index contributed by atoms with van der Waals surface area (Å²) in [6.07, 6.45) is 9.59. The highest BCUT2D eigenvalue weighted by molar-refractivity contribution is 5.89. The van der Waals surface area contributed by atoms with E-state index in [1.54, 1.807) is 0 Å². The lowest BCUT2D eigenvalue weighted by molar-refractivity contribution is -0.116. The fourth-order valence-corrected chi connectivity index (χ4v) is 2.52. The van der Waals surface area contributed by atoms with Crippen molar-refractivity contribution >= 4 is 17.4 Å². The highest BCUT2D eigenvalue weighted by Crippen LogP contribution is 2.19. The molecule has 20 heavy (non-hydrogen) atoms. The highest BCUT2D eigenvalue weighted by Gasteiger charge is 2.10. The Bertz CT molecular complexity index is 408. The van der Waals surface area contributed by atoms with Crippen molar-refractivity contribution in [1.82, 2.24) is 4.98 Å². The van der Waals surface area contributed by atoms with Crippen LogP contribution in [0.2, 0.25) is 0 Å². The van der Waals surface area contributed by atoms with E-state index < -0.39 is 0 Å². The first kappa shape index (κ1) is 14.8. The summed E-state index contributed by atoms with van der Waals surface area (Å²) in [6, 6.07) is 3.97. The van der Waals surface area contributed by atoms with Crippen LogP contribution in [0.3, 0.4) is 0 Å². The summed E-state index contributed by atoms with van der Waals surface area (Å²) in [5, 5.41) is 2.85. The quantitative estimate of drug-likeness (QED) is 0.893. The molecule has 1 aliphatic heterocycles. The molecule has 1 N–H and O–H groups in total. The lowest BCUT2D eigenvalue weighted by atomic mass is 10.2. The minimum absolute atomic E-state index is 0.0573. The zero-order chi connectivity index (χ0) is 14.2. The van der Waals surface area contributed by atoms with E-state index in [-0.39, 0.29) is 5.91 Å². The maximum atomic E-state index is 11.6. The molecule has 1 amide bonds. The normalized spacial score (nSPS) is 15.8. The molecule has 4 heteroatoms. The topological polar surface area (TPSA) is 45.2 Å². The number of nitrogens with zero attached hydrogens (tertiary/aromatic N) is 2. The predicted molar refractivity (Wildman–Crippen MR) is 83.1 cm³/mol. The van der Waals surface area contributed by atoms with Gasteiger partial charge in [0.2, 0.25) is 5.91 Å². The molecule has 0 aromatic carbocycles. The van der Waals surface area contributed by atoms with Crippen molar-refractivity contribution in [2.75, 3.05) is 23.3 Å². The summed E-state index contributed by atoms with van der Waals surface area (Å²) in [5.41, 5.74) is 1.17. The first-order valence-electron chi connectivity index (χ1n) is 7.80. The number of carbonyl (C=O) groups is 1. The Morgan fingerprint density at radius 1 is 1.25 bits per heavy atom. The fraction of sp³-hybridized carbons (Fsp3) is 0.625. The minimum atomic E-state index is 0.0573. The molecule has 4 nitrogen and oxygen atoms in total. The van der Waals surface area contributed by atoms with Crippen LogP contribution in [0.25, 0.3) is 0 Å². The molecule has 0 radical (unpaired) electrons. The molecule has 1 aliphatic rings. The third-order valence-corrected chi connectivity index (χ3v) is 3.74. The molecule has 0 bridgehead atoms. The Morgan fingerprint density at radius 2 is 2.00 bits per heavy atom. The SMILES string of the molecule is CCCCC(=O)Nc1ccc(N2CCCCCC2)cn1. The second-order valence-corrected chi connectivity index (χ2v) is 5.45. The average Bonchev–Trinajstić information content (AvgIpc) is 2.75. The van der Waals surface area contributed by atoms with Crippen LogP contribution in [0.4, 0.5) is 11.5 Å². The number of unbranched alkanes of at least 4 members (excludes halogenated alkanes) is 1. The number of nitrogens with one attached hydrogen (secondary N) is 1. The molecule has 1 saturated heterocycles. The molecule has 0 aliphatic carbocycles. The van der Waals surface area contributed by atoms with Gasteiger partial charge in [-0.15, -0.1) is 0 Å². The number of rotatable bonds is 5. The first-order valence-corrected chi connectivity index (χ1v) is 7.80. The number of hydrogen-bond acceptors (Lipinski definition) is 3. The van der Waals surface area contributed by atoms with Gasteiger partial charge in [-0.1, -0.05) is 26.2 Å². The van der Waals surface area contributed by atoms with Gasteiger partial charge >= 0.3 is 0 Å². The van der Waals surface area contributed by atoms with Gasteiger partial charge in [-0.25, -0.2) is 4.98 Å². The van der Waals surface area contributed by atoms with Crippen LogP contribution in [0.15, 0.2) is 18.3 Å². The van der Waals surface area contributed by atoms with Gasteiger partial charge in [0.1, 0.15) is 5.82 Å². The largest absolute Gasteiger partial charge is 0.370 e. The Balaban J connectivity index is 1.90. The second-order valence-electron chi connectivity index (χ2n) is 5.45. The van der Waals surface area contributed by atoms with Crippen molar-refractivity contribution in [2.45, 2.75) is 51.9 Å². The van der Waals surface area contributed by atoms with Crippen molar-refractivity contribution in [1.29, 1.82) is 0 Å². The maximum Gasteiger partial charge on any atom is 0.225 e. The second kappa shape index (κ2) is 7.88. The smallest absolute Gasteiger partial charge is 0.225 e. The van der Waals surface area contributed by atoms with Gasteiger partial charge in [0.25, 0.3) is 0 Å². The molecule has 0 unspecified atom stereocenters. The Kier molecular flexibility index (Phi) is 5.84. The van der Waals surface area contributed by atoms with E-state index in [0.717, 1.165) is 25.9 Å². The van der Waals surface area contributed by atoms with Gasteiger partial charge in [-0.3, -0.25) is 4.79 Å². The number of carbonyl (C=O) groups excluding carboxylic acids is 1. The van der Waals surface area contributed by atoms with Crippen LogP contribution < -0.4 is 10.2 Å². The van der Waals surface area contributed by atoms with Crippen LogP contribution in [0, 0.1) is 0 Å². The summed E-state index contributed by atoms with van der Waals surface area (Å²) in [7, 11) is 0. The summed E-state index contributed by atoms with van der Waals surface area (Å²) < 4.78 is 0. The minimum Gasteiger partial charge on any atom is -0.370 e. The van der Waals surface area contributed by atoms with Crippen molar-refractivity contribution in [3.8, 4) is 0 Å². The highest BCUT2D eigenvalue weighted by atomic mass is 16.1. The number of pyridine rings is 1. The lowest BCUT2D eigenvalue weighted by Crippen LogP contribution is -2.24. The Morgan fingerprint density at radius 3 is 2.60 bits per heavy atom. The Hall–Kier alpha value is -1.58. The number of anilines is 2. The molecule has 2 heterocycles. The molecule has 1 aromatic heterocycles. The average molecular weight is 275 g/mol. The third-order valence-electron chi connectivity index (χ3n) is 3.74. The monoisotopic (exact) mass is 275 g/mol. The summed E-state index contributed by atoms with van der Waals surface area (Å²) in [6.45, 7) is 4.31. The fourth-order valence-electron chi connectivity index (χ4n) is 2.52. The van der Waals surface area contributed by atoms with Gasteiger partial charge < -0.3 is 10.2 Å². The summed E-state index contributed by atoms with van der Waals surface area (Å²) in [4.78, 5) is 18.4. The van der Waals surface area contributed by atoms with Crippen molar-refractivity contribution in [3.63, 3.8) is 0 Å². The van der Waals surface area contributed by atoms with Crippen LogP contribution in [-0.4, -0.2) is 24.0 Å². The summed E-state index contributed by atoms with van der Waals surface area (Å²) in [5.74, 6) is 0.714. The molecule has 0 atom stereocenters. The van der Waals surface area contributed by atoms with Gasteiger partial charge in [-0.2, -0.15) is 0 Å². The van der Waals surface area contributed by atoms with E-state index in [2.05, 4.69) is 28.2 Å². The zero-order valence-corrected chi connectivity index (χ0v) is 12.4. The van der Waals surface area contributed by atoms with Crippen LogP contribution >= 0.6 is 0 Å². The number of amides is 1.